The third kappa shape index (κ3) is 1.88. The molecule has 0 spiro atoms. The number of nitrogen functional groups attached to an aromatic ring is 1. The van der Waals surface area contributed by atoms with Gasteiger partial charge >= 0.3 is 0 Å². The summed E-state index contributed by atoms with van der Waals surface area (Å²) in [6, 6.07) is 7.83. The highest BCUT2D eigenvalue weighted by Gasteiger charge is 2.01. The number of allylic oxidation sites excluding steroid dienone is 1. The molecule has 1 nitrogen and oxygen atoms in total. The average Bonchev–Trinajstić information content (AvgIpc) is 2.04. The molecule has 0 heterocycles. The molecule has 1 aromatic carbocycles. The molecule has 1 heteroatoms. The van der Waals surface area contributed by atoms with Crippen LogP contribution in [0, 0.1) is 5.92 Å². The zero-order valence-corrected chi connectivity index (χ0v) is 7.67. The number of hydrogen-bond donors (Lipinski definition) is 1. The standard InChI is InChI=1S/C11H15N/c1-8(2)9(3)10-4-6-11(12)7-5-10/h4-8H,3,12H2,1-2H3. The summed E-state index contributed by atoms with van der Waals surface area (Å²) in [5, 5.41) is 0. The fraction of sp³-hybridized carbons (Fsp3) is 0.273. The predicted molar refractivity (Wildman–Crippen MR) is 54.7 cm³/mol. The molecule has 1 aromatic rings. The molecular weight excluding hydrogens is 146 g/mol. The van der Waals surface area contributed by atoms with E-state index in [1.54, 1.807) is 0 Å². The summed E-state index contributed by atoms with van der Waals surface area (Å²) in [4.78, 5) is 0. The van der Waals surface area contributed by atoms with Crippen molar-refractivity contribution in [1.82, 2.24) is 0 Å². The molecule has 0 radical (unpaired) electrons. The van der Waals surface area contributed by atoms with E-state index in [2.05, 4.69) is 20.4 Å². The van der Waals surface area contributed by atoms with Crippen molar-refractivity contribution in [2.45, 2.75) is 13.8 Å². The number of anilines is 1. The molecule has 0 aliphatic rings. The molecule has 0 saturated heterocycles. The van der Waals surface area contributed by atoms with Crippen molar-refractivity contribution in [2.24, 2.45) is 5.92 Å². The van der Waals surface area contributed by atoms with Crippen LogP contribution in [-0.2, 0) is 0 Å². The van der Waals surface area contributed by atoms with Crippen LogP contribution in [0.25, 0.3) is 5.57 Å². The Bertz CT molecular complexity index is 270. The van der Waals surface area contributed by atoms with Crippen LogP contribution in [0.15, 0.2) is 30.8 Å². The highest BCUT2D eigenvalue weighted by Crippen LogP contribution is 2.21. The first-order chi connectivity index (χ1) is 5.61. The summed E-state index contributed by atoms with van der Waals surface area (Å²) in [6.07, 6.45) is 0. The van der Waals surface area contributed by atoms with Crippen LogP contribution >= 0.6 is 0 Å². The van der Waals surface area contributed by atoms with Crippen molar-refractivity contribution in [3.05, 3.63) is 36.4 Å². The Balaban J connectivity index is 2.90. The molecule has 0 aromatic heterocycles. The Morgan fingerprint density at radius 2 is 1.75 bits per heavy atom. The lowest BCUT2D eigenvalue weighted by Crippen LogP contribution is -1.92. The normalized spacial score (nSPS) is 10.2. The molecule has 12 heavy (non-hydrogen) atoms. The first-order valence-electron chi connectivity index (χ1n) is 4.16. The maximum Gasteiger partial charge on any atom is 0.0314 e. The van der Waals surface area contributed by atoms with Gasteiger partial charge in [-0.2, -0.15) is 0 Å². The molecule has 0 aliphatic heterocycles. The van der Waals surface area contributed by atoms with Crippen LogP contribution in [0.4, 0.5) is 5.69 Å². The molecule has 0 aliphatic carbocycles. The minimum Gasteiger partial charge on any atom is -0.399 e. The molecule has 0 fully saturated rings. The monoisotopic (exact) mass is 161 g/mol. The van der Waals surface area contributed by atoms with Crippen molar-refractivity contribution in [3.63, 3.8) is 0 Å². The van der Waals surface area contributed by atoms with E-state index in [0.29, 0.717) is 5.92 Å². The summed E-state index contributed by atoms with van der Waals surface area (Å²) in [5.74, 6) is 0.494. The summed E-state index contributed by atoms with van der Waals surface area (Å²) in [7, 11) is 0. The van der Waals surface area contributed by atoms with E-state index in [0.717, 1.165) is 11.3 Å². The third-order valence-corrected chi connectivity index (χ3v) is 1.98. The number of hydrogen-bond acceptors (Lipinski definition) is 1. The highest BCUT2D eigenvalue weighted by atomic mass is 14.5. The van der Waals surface area contributed by atoms with E-state index >= 15 is 0 Å². The van der Waals surface area contributed by atoms with Gasteiger partial charge in [0.15, 0.2) is 0 Å². The van der Waals surface area contributed by atoms with Gasteiger partial charge in [-0.15, -0.1) is 0 Å². The molecule has 0 amide bonds. The number of nitrogens with two attached hydrogens (primary N) is 1. The first kappa shape index (κ1) is 8.85. The van der Waals surface area contributed by atoms with Crippen LogP contribution in [0.3, 0.4) is 0 Å². The van der Waals surface area contributed by atoms with Gasteiger partial charge in [0.25, 0.3) is 0 Å². The van der Waals surface area contributed by atoms with Crippen molar-refractivity contribution in [1.29, 1.82) is 0 Å². The van der Waals surface area contributed by atoms with Gasteiger partial charge in [-0.3, -0.25) is 0 Å². The zero-order chi connectivity index (χ0) is 9.14. The SMILES string of the molecule is C=C(c1ccc(N)cc1)C(C)C. The largest absolute Gasteiger partial charge is 0.399 e. The van der Waals surface area contributed by atoms with Gasteiger partial charge in [0.05, 0.1) is 0 Å². The van der Waals surface area contributed by atoms with E-state index in [4.69, 9.17) is 5.73 Å². The van der Waals surface area contributed by atoms with Gasteiger partial charge < -0.3 is 5.73 Å². The van der Waals surface area contributed by atoms with E-state index in [1.807, 2.05) is 24.3 Å². The van der Waals surface area contributed by atoms with Crippen LogP contribution in [0.1, 0.15) is 19.4 Å². The molecular formula is C11H15N. The average molecular weight is 161 g/mol. The fourth-order valence-electron chi connectivity index (χ4n) is 1.03. The zero-order valence-electron chi connectivity index (χ0n) is 7.67. The van der Waals surface area contributed by atoms with Crippen molar-refractivity contribution < 1.29 is 0 Å². The Kier molecular flexibility index (Phi) is 2.54. The Morgan fingerprint density at radius 3 is 2.17 bits per heavy atom. The fourth-order valence-corrected chi connectivity index (χ4v) is 1.03. The second-order valence-corrected chi connectivity index (χ2v) is 3.30. The Morgan fingerprint density at radius 1 is 1.25 bits per heavy atom. The van der Waals surface area contributed by atoms with Crippen LogP contribution in [0.5, 0.6) is 0 Å². The Hall–Kier alpha value is -1.24. The van der Waals surface area contributed by atoms with Crippen molar-refractivity contribution >= 4 is 11.3 Å². The summed E-state index contributed by atoms with van der Waals surface area (Å²) >= 11 is 0. The molecule has 0 saturated carbocycles. The van der Waals surface area contributed by atoms with E-state index in [9.17, 15) is 0 Å². The molecule has 0 bridgehead atoms. The van der Waals surface area contributed by atoms with Gasteiger partial charge in [-0.05, 0) is 29.2 Å². The van der Waals surface area contributed by atoms with Gasteiger partial charge in [-0.25, -0.2) is 0 Å². The molecule has 1 rings (SSSR count). The van der Waals surface area contributed by atoms with Gasteiger partial charge in [-0.1, -0.05) is 32.6 Å². The minimum atomic E-state index is 0.494. The quantitative estimate of drug-likeness (QED) is 0.663. The second kappa shape index (κ2) is 3.44. The lowest BCUT2D eigenvalue weighted by Gasteiger charge is -2.09. The maximum atomic E-state index is 5.57. The topological polar surface area (TPSA) is 26.0 Å². The van der Waals surface area contributed by atoms with Crippen LogP contribution in [-0.4, -0.2) is 0 Å². The number of benzene rings is 1. The third-order valence-electron chi connectivity index (χ3n) is 1.98. The van der Waals surface area contributed by atoms with Crippen LogP contribution < -0.4 is 5.73 Å². The lowest BCUT2D eigenvalue weighted by molar-refractivity contribution is 0.858. The first-order valence-corrected chi connectivity index (χ1v) is 4.16. The van der Waals surface area contributed by atoms with Crippen molar-refractivity contribution in [2.75, 3.05) is 5.73 Å². The van der Waals surface area contributed by atoms with Gasteiger partial charge in [0, 0.05) is 5.69 Å². The summed E-state index contributed by atoms with van der Waals surface area (Å²) in [5.41, 5.74) is 8.72. The van der Waals surface area contributed by atoms with Crippen LogP contribution in [0.2, 0.25) is 0 Å². The van der Waals surface area contributed by atoms with E-state index < -0.39 is 0 Å². The van der Waals surface area contributed by atoms with E-state index in [-0.39, 0.29) is 0 Å². The molecule has 0 unspecified atom stereocenters. The van der Waals surface area contributed by atoms with Gasteiger partial charge in [0.1, 0.15) is 0 Å². The van der Waals surface area contributed by atoms with E-state index in [1.165, 1.54) is 5.56 Å². The second-order valence-electron chi connectivity index (χ2n) is 3.30. The number of rotatable bonds is 2. The lowest BCUT2D eigenvalue weighted by atomic mass is 9.97. The summed E-state index contributed by atoms with van der Waals surface area (Å²) < 4.78 is 0. The molecule has 2 N–H and O–H groups in total. The molecule has 64 valence electrons. The molecule has 0 atom stereocenters. The summed E-state index contributed by atoms with van der Waals surface area (Å²) in [6.45, 7) is 8.29. The Labute approximate surface area is 73.9 Å². The minimum absolute atomic E-state index is 0.494. The predicted octanol–water partition coefficient (Wildman–Crippen LogP) is 2.94. The smallest absolute Gasteiger partial charge is 0.0314 e. The van der Waals surface area contributed by atoms with Gasteiger partial charge in [0.2, 0.25) is 0 Å². The highest BCUT2D eigenvalue weighted by molar-refractivity contribution is 5.66. The maximum absolute atomic E-state index is 5.57. The van der Waals surface area contributed by atoms with Crippen molar-refractivity contribution in [3.8, 4) is 0 Å².